The standard InChI is InChI=1S/C23H20ClFN4O4S/c24-14-5-7-15(8-6-14)28-22(31)29-23(11-12-23)21(30)27-16-9-10-17(19(25)13-16)18-3-1-2-4-20(18)34(26,32)33/h1-10,13H,11-12H2,(H,27,30)(H2,26,32,33)(H2,28,29,31). The van der Waals surface area contributed by atoms with E-state index in [4.69, 9.17) is 16.7 Å². The summed E-state index contributed by atoms with van der Waals surface area (Å²) < 4.78 is 38.5. The fraction of sp³-hybridized carbons (Fsp3) is 0.130. The van der Waals surface area contributed by atoms with Gasteiger partial charge in [0.15, 0.2) is 0 Å². The minimum atomic E-state index is -4.06. The molecule has 0 bridgehead atoms. The second kappa shape index (κ2) is 9.05. The molecular formula is C23H20ClFN4O4S. The molecular weight excluding hydrogens is 483 g/mol. The van der Waals surface area contributed by atoms with Crippen molar-refractivity contribution in [2.75, 3.05) is 10.6 Å². The van der Waals surface area contributed by atoms with Crippen LogP contribution in [0.1, 0.15) is 12.8 Å². The lowest BCUT2D eigenvalue weighted by Crippen LogP contribution is -2.47. The van der Waals surface area contributed by atoms with Crippen LogP contribution >= 0.6 is 11.6 Å². The number of hydrogen-bond acceptors (Lipinski definition) is 4. The summed E-state index contributed by atoms with van der Waals surface area (Å²) in [6, 6.07) is 15.6. The van der Waals surface area contributed by atoms with Gasteiger partial charge in [-0.15, -0.1) is 0 Å². The van der Waals surface area contributed by atoms with E-state index >= 15 is 0 Å². The van der Waals surface area contributed by atoms with Crippen LogP contribution in [0.15, 0.2) is 71.6 Å². The molecule has 1 saturated carbocycles. The Kier molecular flexibility index (Phi) is 6.30. The van der Waals surface area contributed by atoms with Crippen LogP contribution in [0.25, 0.3) is 11.1 Å². The van der Waals surface area contributed by atoms with E-state index in [2.05, 4.69) is 16.0 Å². The van der Waals surface area contributed by atoms with Gasteiger partial charge in [-0.05, 0) is 61.4 Å². The first-order valence-corrected chi connectivity index (χ1v) is 12.1. The number of nitrogens with two attached hydrogens (primary N) is 1. The van der Waals surface area contributed by atoms with Gasteiger partial charge in [0.05, 0.1) is 4.90 Å². The molecule has 3 aromatic carbocycles. The summed E-state index contributed by atoms with van der Waals surface area (Å²) in [7, 11) is -4.06. The van der Waals surface area contributed by atoms with Crippen molar-refractivity contribution in [2.45, 2.75) is 23.3 Å². The smallest absolute Gasteiger partial charge is 0.320 e. The van der Waals surface area contributed by atoms with Gasteiger partial charge in [0.2, 0.25) is 15.9 Å². The number of benzene rings is 3. The van der Waals surface area contributed by atoms with Crippen LogP contribution in [0.4, 0.5) is 20.6 Å². The predicted molar refractivity (Wildman–Crippen MR) is 127 cm³/mol. The van der Waals surface area contributed by atoms with E-state index in [0.717, 1.165) is 6.07 Å². The maximum absolute atomic E-state index is 14.9. The fourth-order valence-electron chi connectivity index (χ4n) is 3.45. The molecule has 1 aliphatic carbocycles. The van der Waals surface area contributed by atoms with E-state index in [1.807, 2.05) is 0 Å². The minimum absolute atomic E-state index is 0.0178. The van der Waals surface area contributed by atoms with Crippen molar-refractivity contribution in [3.8, 4) is 11.1 Å². The summed E-state index contributed by atoms with van der Waals surface area (Å²) in [5.74, 6) is -1.23. The molecule has 3 amide bonds. The van der Waals surface area contributed by atoms with Gasteiger partial charge in [-0.25, -0.2) is 22.7 Å². The Morgan fingerprint density at radius 2 is 1.56 bits per heavy atom. The maximum Gasteiger partial charge on any atom is 0.320 e. The monoisotopic (exact) mass is 502 g/mol. The lowest BCUT2D eigenvalue weighted by Gasteiger charge is -2.18. The average Bonchev–Trinajstić information content (AvgIpc) is 3.55. The molecule has 3 aromatic rings. The number of rotatable bonds is 6. The van der Waals surface area contributed by atoms with Crippen molar-refractivity contribution >= 4 is 44.9 Å². The molecule has 4 rings (SSSR count). The zero-order chi connectivity index (χ0) is 24.5. The van der Waals surface area contributed by atoms with Crippen LogP contribution in [0.2, 0.25) is 5.02 Å². The van der Waals surface area contributed by atoms with Gasteiger partial charge in [0.1, 0.15) is 11.4 Å². The first-order valence-electron chi connectivity index (χ1n) is 10.2. The lowest BCUT2D eigenvalue weighted by atomic mass is 10.0. The molecule has 1 fully saturated rings. The normalized spacial score (nSPS) is 14.2. The largest absolute Gasteiger partial charge is 0.324 e. The van der Waals surface area contributed by atoms with Crippen LogP contribution < -0.4 is 21.1 Å². The van der Waals surface area contributed by atoms with Gasteiger partial charge in [-0.3, -0.25) is 4.79 Å². The van der Waals surface area contributed by atoms with Crippen LogP contribution in [-0.4, -0.2) is 25.9 Å². The average molecular weight is 503 g/mol. The highest BCUT2D eigenvalue weighted by molar-refractivity contribution is 7.89. The quantitative estimate of drug-likeness (QED) is 0.404. The number of nitrogens with one attached hydrogen (secondary N) is 3. The Morgan fingerprint density at radius 1 is 0.912 bits per heavy atom. The molecule has 0 spiro atoms. The minimum Gasteiger partial charge on any atom is -0.324 e. The molecule has 5 N–H and O–H groups in total. The molecule has 0 radical (unpaired) electrons. The number of hydrogen-bond donors (Lipinski definition) is 4. The fourth-order valence-corrected chi connectivity index (χ4v) is 4.32. The van der Waals surface area contributed by atoms with Crippen molar-refractivity contribution in [3.63, 3.8) is 0 Å². The maximum atomic E-state index is 14.9. The molecule has 0 aliphatic heterocycles. The number of sulfonamides is 1. The number of carbonyl (C=O) groups excluding carboxylic acids is 2. The second-order valence-corrected chi connectivity index (χ2v) is 9.82. The van der Waals surface area contributed by atoms with Gasteiger partial charge in [0.25, 0.3) is 0 Å². The van der Waals surface area contributed by atoms with E-state index in [1.54, 1.807) is 30.3 Å². The van der Waals surface area contributed by atoms with Crippen molar-refractivity contribution in [2.24, 2.45) is 5.14 Å². The van der Waals surface area contributed by atoms with Crippen LogP contribution in [0.5, 0.6) is 0 Å². The van der Waals surface area contributed by atoms with Gasteiger partial charge >= 0.3 is 6.03 Å². The third-order valence-corrected chi connectivity index (χ3v) is 6.57. The molecule has 1 aliphatic rings. The van der Waals surface area contributed by atoms with Crippen LogP contribution in [0.3, 0.4) is 0 Å². The van der Waals surface area contributed by atoms with E-state index in [-0.39, 0.29) is 21.7 Å². The first kappa shape index (κ1) is 23.7. The highest BCUT2D eigenvalue weighted by Gasteiger charge is 2.51. The summed E-state index contributed by atoms with van der Waals surface area (Å²) in [5, 5.41) is 13.7. The number of halogens is 2. The summed E-state index contributed by atoms with van der Waals surface area (Å²) in [6.07, 6.45) is 0.852. The highest BCUT2D eigenvalue weighted by Crippen LogP contribution is 2.37. The Bertz CT molecular complexity index is 1380. The van der Waals surface area contributed by atoms with Crippen LogP contribution in [0, 0.1) is 5.82 Å². The number of amides is 3. The molecule has 0 aromatic heterocycles. The van der Waals surface area contributed by atoms with E-state index in [9.17, 15) is 22.4 Å². The Labute approximate surface area is 200 Å². The number of anilines is 2. The van der Waals surface area contributed by atoms with Crippen molar-refractivity contribution < 1.29 is 22.4 Å². The summed E-state index contributed by atoms with van der Waals surface area (Å²) >= 11 is 5.83. The van der Waals surface area contributed by atoms with Crippen molar-refractivity contribution in [1.82, 2.24) is 5.32 Å². The summed E-state index contributed by atoms with van der Waals surface area (Å²) in [5.41, 5.74) is -0.309. The first-order chi connectivity index (χ1) is 16.1. The van der Waals surface area contributed by atoms with Gasteiger partial charge < -0.3 is 16.0 Å². The molecule has 11 heteroatoms. The summed E-state index contributed by atoms with van der Waals surface area (Å²) in [6.45, 7) is 0. The molecule has 0 heterocycles. The predicted octanol–water partition coefficient (Wildman–Crippen LogP) is 4.09. The number of carbonyl (C=O) groups is 2. The van der Waals surface area contributed by atoms with Gasteiger partial charge in [-0.2, -0.15) is 0 Å². The van der Waals surface area contributed by atoms with Gasteiger partial charge in [0, 0.05) is 27.5 Å². The summed E-state index contributed by atoms with van der Waals surface area (Å²) in [4.78, 5) is 24.9. The van der Waals surface area contributed by atoms with E-state index < -0.39 is 33.3 Å². The third-order valence-electron chi connectivity index (χ3n) is 5.35. The third kappa shape index (κ3) is 5.19. The van der Waals surface area contributed by atoms with Gasteiger partial charge in [-0.1, -0.05) is 29.8 Å². The van der Waals surface area contributed by atoms with Crippen molar-refractivity contribution in [1.29, 1.82) is 0 Å². The molecule has 0 saturated heterocycles. The van der Waals surface area contributed by atoms with Crippen LogP contribution in [-0.2, 0) is 14.8 Å². The zero-order valence-corrected chi connectivity index (χ0v) is 19.2. The molecule has 176 valence electrons. The van der Waals surface area contributed by atoms with E-state index in [1.165, 1.54) is 30.3 Å². The lowest BCUT2D eigenvalue weighted by molar-refractivity contribution is -0.118. The Morgan fingerprint density at radius 3 is 2.18 bits per heavy atom. The molecule has 34 heavy (non-hydrogen) atoms. The number of primary sulfonamides is 1. The number of urea groups is 1. The SMILES string of the molecule is NS(=O)(=O)c1ccccc1-c1ccc(NC(=O)C2(NC(=O)Nc3ccc(Cl)cc3)CC2)cc1F. The highest BCUT2D eigenvalue weighted by atomic mass is 35.5. The molecule has 0 unspecified atom stereocenters. The second-order valence-electron chi connectivity index (χ2n) is 7.86. The van der Waals surface area contributed by atoms with Crippen molar-refractivity contribution in [3.05, 3.63) is 77.6 Å². The molecule has 8 nitrogen and oxygen atoms in total. The van der Waals surface area contributed by atoms with E-state index in [0.29, 0.717) is 23.6 Å². The molecule has 0 atom stereocenters. The Balaban J connectivity index is 1.46. The zero-order valence-electron chi connectivity index (χ0n) is 17.6. The topological polar surface area (TPSA) is 130 Å². The Hall–Kier alpha value is -3.47.